The predicted octanol–water partition coefficient (Wildman–Crippen LogP) is 2.80. The molecule has 0 bridgehead atoms. The van der Waals surface area contributed by atoms with Crippen LogP contribution in [0.5, 0.6) is 0 Å². The highest BCUT2D eigenvalue weighted by Crippen LogP contribution is 2.11. The van der Waals surface area contributed by atoms with Crippen LogP contribution in [0.4, 0.5) is 0 Å². The van der Waals surface area contributed by atoms with Gasteiger partial charge in [0.25, 0.3) is 5.91 Å². The van der Waals surface area contributed by atoms with Crippen molar-refractivity contribution < 1.29 is 14.3 Å². The molecule has 4 nitrogen and oxygen atoms in total. The Morgan fingerprint density at radius 1 is 1.21 bits per heavy atom. The monoisotopic (exact) mass is 283 g/mol. The van der Waals surface area contributed by atoms with E-state index in [9.17, 15) is 9.59 Å². The van der Waals surface area contributed by atoms with Crippen LogP contribution in [0.1, 0.15) is 38.1 Å². The van der Waals surface area contributed by atoms with Crippen molar-refractivity contribution in [2.45, 2.75) is 39.3 Å². The van der Waals surface area contributed by atoms with Gasteiger partial charge < -0.3 is 10.1 Å². The van der Waals surface area contributed by atoms with Gasteiger partial charge in [0.1, 0.15) is 11.6 Å². The van der Waals surface area contributed by atoms with Crippen LogP contribution in [-0.4, -0.2) is 23.5 Å². The van der Waals surface area contributed by atoms with E-state index >= 15 is 0 Å². The fourth-order valence-electron chi connectivity index (χ4n) is 1.33. The van der Waals surface area contributed by atoms with Gasteiger partial charge in [-0.2, -0.15) is 0 Å². The topological polar surface area (TPSA) is 55.4 Å². The Kier molecular flexibility index (Phi) is 4.95. The molecule has 0 aliphatic rings. The van der Waals surface area contributed by atoms with E-state index in [0.717, 1.165) is 0 Å². The molecule has 1 aromatic carbocycles. The minimum atomic E-state index is -0.706. The molecule has 1 atom stereocenters. The lowest BCUT2D eigenvalue weighted by Gasteiger charge is -2.22. The molecular weight excluding hydrogens is 266 g/mol. The molecule has 0 fully saturated rings. The summed E-state index contributed by atoms with van der Waals surface area (Å²) in [6, 6.07) is 5.73. The molecule has 0 spiro atoms. The van der Waals surface area contributed by atoms with E-state index < -0.39 is 17.6 Å². The summed E-state index contributed by atoms with van der Waals surface area (Å²) in [6.07, 6.45) is 0. The number of hydrogen-bond acceptors (Lipinski definition) is 3. The highest BCUT2D eigenvalue weighted by atomic mass is 35.5. The third kappa shape index (κ3) is 5.30. The van der Waals surface area contributed by atoms with Crippen molar-refractivity contribution in [1.82, 2.24) is 5.32 Å². The smallest absolute Gasteiger partial charge is 0.328 e. The van der Waals surface area contributed by atoms with Gasteiger partial charge >= 0.3 is 5.97 Å². The van der Waals surface area contributed by atoms with Gasteiger partial charge in [0.15, 0.2) is 0 Å². The van der Waals surface area contributed by atoms with Crippen LogP contribution in [0.3, 0.4) is 0 Å². The van der Waals surface area contributed by atoms with Gasteiger partial charge in [-0.1, -0.05) is 11.6 Å². The quantitative estimate of drug-likeness (QED) is 0.868. The molecule has 0 unspecified atom stereocenters. The zero-order valence-corrected chi connectivity index (χ0v) is 12.2. The molecular formula is C14H18ClNO3. The van der Waals surface area contributed by atoms with Crippen molar-refractivity contribution in [3.05, 3.63) is 34.9 Å². The molecule has 0 aromatic heterocycles. The average Bonchev–Trinajstić information content (AvgIpc) is 2.27. The van der Waals surface area contributed by atoms with Crippen LogP contribution in [0.15, 0.2) is 24.3 Å². The first-order valence-electron chi connectivity index (χ1n) is 5.98. The second-order valence-corrected chi connectivity index (χ2v) is 5.67. The SMILES string of the molecule is C[C@H](NC(=O)c1ccc(Cl)cc1)C(=O)OC(C)(C)C. The molecule has 0 saturated heterocycles. The van der Waals surface area contributed by atoms with Crippen molar-refractivity contribution in [2.75, 3.05) is 0 Å². The summed E-state index contributed by atoms with van der Waals surface area (Å²) in [7, 11) is 0. The first kappa shape index (κ1) is 15.5. The molecule has 1 amide bonds. The third-order valence-corrected chi connectivity index (χ3v) is 2.47. The van der Waals surface area contributed by atoms with E-state index in [1.165, 1.54) is 0 Å². The number of rotatable bonds is 3. The van der Waals surface area contributed by atoms with E-state index in [0.29, 0.717) is 10.6 Å². The molecule has 0 aliphatic carbocycles. The summed E-state index contributed by atoms with van der Waals surface area (Å²) >= 11 is 5.74. The van der Waals surface area contributed by atoms with Crippen LogP contribution >= 0.6 is 11.6 Å². The Morgan fingerprint density at radius 2 is 1.74 bits per heavy atom. The van der Waals surface area contributed by atoms with Crippen molar-refractivity contribution in [1.29, 1.82) is 0 Å². The van der Waals surface area contributed by atoms with E-state index in [1.54, 1.807) is 52.0 Å². The number of carbonyl (C=O) groups excluding carboxylic acids is 2. The molecule has 5 heteroatoms. The fraction of sp³-hybridized carbons (Fsp3) is 0.429. The Morgan fingerprint density at radius 3 is 2.21 bits per heavy atom. The van der Waals surface area contributed by atoms with Crippen LogP contribution in [-0.2, 0) is 9.53 Å². The molecule has 0 saturated carbocycles. The highest BCUT2D eigenvalue weighted by Gasteiger charge is 2.23. The zero-order valence-electron chi connectivity index (χ0n) is 11.5. The summed E-state index contributed by atoms with van der Waals surface area (Å²) < 4.78 is 5.18. The number of hydrogen-bond donors (Lipinski definition) is 1. The maximum atomic E-state index is 11.9. The van der Waals surface area contributed by atoms with Crippen LogP contribution in [0, 0.1) is 0 Å². The largest absolute Gasteiger partial charge is 0.458 e. The van der Waals surface area contributed by atoms with Crippen molar-refractivity contribution in [3.63, 3.8) is 0 Å². The van der Waals surface area contributed by atoms with Crippen molar-refractivity contribution >= 4 is 23.5 Å². The highest BCUT2D eigenvalue weighted by molar-refractivity contribution is 6.30. The molecule has 19 heavy (non-hydrogen) atoms. The average molecular weight is 284 g/mol. The van der Waals surface area contributed by atoms with E-state index in [4.69, 9.17) is 16.3 Å². The summed E-state index contributed by atoms with van der Waals surface area (Å²) in [5.74, 6) is -0.801. The van der Waals surface area contributed by atoms with Gasteiger partial charge in [0.05, 0.1) is 0 Å². The predicted molar refractivity (Wildman–Crippen MR) is 74.2 cm³/mol. The molecule has 1 N–H and O–H groups in total. The fourth-order valence-corrected chi connectivity index (χ4v) is 1.46. The van der Waals surface area contributed by atoms with Crippen LogP contribution in [0.2, 0.25) is 5.02 Å². The van der Waals surface area contributed by atoms with Gasteiger partial charge in [-0.15, -0.1) is 0 Å². The molecule has 0 aliphatic heterocycles. The minimum Gasteiger partial charge on any atom is -0.458 e. The van der Waals surface area contributed by atoms with Gasteiger partial charge in [-0.05, 0) is 52.0 Å². The Labute approximate surface area is 118 Å². The second-order valence-electron chi connectivity index (χ2n) is 5.24. The van der Waals surface area contributed by atoms with E-state index in [-0.39, 0.29) is 5.91 Å². The first-order valence-corrected chi connectivity index (χ1v) is 6.36. The van der Waals surface area contributed by atoms with Crippen LogP contribution < -0.4 is 5.32 Å². The normalized spacial score (nSPS) is 12.7. The van der Waals surface area contributed by atoms with Gasteiger partial charge in [-0.3, -0.25) is 4.79 Å². The number of ether oxygens (including phenoxy) is 1. The lowest BCUT2D eigenvalue weighted by atomic mass is 10.2. The van der Waals surface area contributed by atoms with Crippen molar-refractivity contribution in [2.24, 2.45) is 0 Å². The molecule has 0 radical (unpaired) electrons. The van der Waals surface area contributed by atoms with Gasteiger partial charge in [0.2, 0.25) is 0 Å². The van der Waals surface area contributed by atoms with Crippen molar-refractivity contribution in [3.8, 4) is 0 Å². The summed E-state index contributed by atoms with van der Waals surface area (Å²) in [5.41, 5.74) is -0.129. The maximum Gasteiger partial charge on any atom is 0.328 e. The summed E-state index contributed by atoms with van der Waals surface area (Å²) in [4.78, 5) is 23.6. The van der Waals surface area contributed by atoms with Gasteiger partial charge in [0, 0.05) is 10.6 Å². The lowest BCUT2D eigenvalue weighted by molar-refractivity contribution is -0.156. The second kappa shape index (κ2) is 6.06. The number of halogens is 1. The number of amides is 1. The number of carbonyl (C=O) groups is 2. The summed E-state index contributed by atoms with van der Waals surface area (Å²) in [5, 5.41) is 3.13. The lowest BCUT2D eigenvalue weighted by Crippen LogP contribution is -2.42. The number of esters is 1. The molecule has 104 valence electrons. The standard InChI is InChI=1S/C14H18ClNO3/c1-9(13(18)19-14(2,3)4)16-12(17)10-5-7-11(15)8-6-10/h5-9H,1-4H3,(H,16,17)/t9-/m0/s1. The van der Waals surface area contributed by atoms with Gasteiger partial charge in [-0.25, -0.2) is 4.79 Å². The molecule has 1 aromatic rings. The third-order valence-electron chi connectivity index (χ3n) is 2.21. The summed E-state index contributed by atoms with van der Waals surface area (Å²) in [6.45, 7) is 6.91. The zero-order chi connectivity index (χ0) is 14.6. The number of benzene rings is 1. The minimum absolute atomic E-state index is 0.338. The first-order chi connectivity index (χ1) is 8.69. The maximum absolute atomic E-state index is 11.9. The Balaban J connectivity index is 2.61. The Hall–Kier alpha value is -1.55. The van der Waals surface area contributed by atoms with E-state index in [1.807, 2.05) is 0 Å². The molecule has 1 rings (SSSR count). The molecule has 0 heterocycles. The Bertz CT molecular complexity index is 463. The van der Waals surface area contributed by atoms with E-state index in [2.05, 4.69) is 5.32 Å². The van der Waals surface area contributed by atoms with Crippen LogP contribution in [0.25, 0.3) is 0 Å². The number of nitrogens with one attached hydrogen (secondary N) is 1.